The topological polar surface area (TPSA) is 120 Å². The number of fused-ring (bicyclic) bond motifs is 1. The minimum absolute atomic E-state index is 0.0582. The monoisotopic (exact) mass is 503 g/mol. The van der Waals surface area contributed by atoms with Crippen LogP contribution < -0.4 is 21.9 Å². The predicted molar refractivity (Wildman–Crippen MR) is 148 cm³/mol. The van der Waals surface area contributed by atoms with Gasteiger partial charge in [0.2, 0.25) is 0 Å². The zero-order valence-electron chi connectivity index (χ0n) is 21.0. The van der Waals surface area contributed by atoms with Gasteiger partial charge in [-0.2, -0.15) is 5.26 Å². The van der Waals surface area contributed by atoms with E-state index in [-0.39, 0.29) is 12.1 Å². The summed E-state index contributed by atoms with van der Waals surface area (Å²) in [5.74, 6) is 7.13. The molecular formula is C27H33N7OS. The highest BCUT2D eigenvalue weighted by molar-refractivity contribution is 7.99. The van der Waals surface area contributed by atoms with E-state index in [9.17, 15) is 10.1 Å². The summed E-state index contributed by atoms with van der Waals surface area (Å²) in [6, 6.07) is 16.8. The smallest absolute Gasteiger partial charge is 0.319 e. The van der Waals surface area contributed by atoms with Gasteiger partial charge in [-0.3, -0.25) is 4.99 Å². The summed E-state index contributed by atoms with van der Waals surface area (Å²) in [4.78, 5) is 17.4. The van der Waals surface area contributed by atoms with Crippen molar-refractivity contribution in [3.63, 3.8) is 0 Å². The Morgan fingerprint density at radius 2 is 2.00 bits per heavy atom. The molecule has 1 aliphatic rings. The first-order chi connectivity index (χ1) is 17.4. The number of nitrogens with two attached hydrogens (primary N) is 1. The number of hydrogen-bond acceptors (Lipinski definition) is 5. The molecule has 1 aromatic heterocycles. The van der Waals surface area contributed by atoms with Crippen molar-refractivity contribution in [1.29, 1.82) is 5.26 Å². The number of thioether (sulfide) groups is 1. The highest BCUT2D eigenvalue weighted by atomic mass is 32.2. The van der Waals surface area contributed by atoms with Crippen LogP contribution in [0.25, 0.3) is 22.2 Å². The standard InChI is InChI=1S/C27H33N7OS/c1-17(2)31-27(35)32-19-9-7-18(8-10-19)26-23(16-28)22-12-11-21(36-14-13-25(30-3)33-29)15-24(22)34(26)20-5-4-6-20/h7-12,15,17,20H,4-6,13-14,29H2,1-3H3,(H,30,33)(H2,31,32,35). The van der Waals surface area contributed by atoms with Crippen LogP contribution in [0.3, 0.4) is 0 Å². The number of rotatable bonds is 8. The molecular weight excluding hydrogens is 470 g/mol. The van der Waals surface area contributed by atoms with Crippen LogP contribution in [-0.2, 0) is 0 Å². The Bertz CT molecular complexity index is 1300. The molecule has 0 aliphatic heterocycles. The number of nitriles is 1. The van der Waals surface area contributed by atoms with E-state index in [1.165, 1.54) is 6.42 Å². The Labute approximate surface area is 216 Å². The van der Waals surface area contributed by atoms with Gasteiger partial charge < -0.3 is 20.6 Å². The lowest BCUT2D eigenvalue weighted by Gasteiger charge is -2.30. The minimum Gasteiger partial charge on any atom is -0.336 e. The second-order valence-corrected chi connectivity index (χ2v) is 10.4. The van der Waals surface area contributed by atoms with Gasteiger partial charge in [-0.05, 0) is 62.9 Å². The Morgan fingerprint density at radius 1 is 1.25 bits per heavy atom. The number of hydrogen-bond donors (Lipinski definition) is 4. The van der Waals surface area contributed by atoms with Crippen molar-refractivity contribution in [3.8, 4) is 17.3 Å². The van der Waals surface area contributed by atoms with Crippen LogP contribution in [0.5, 0.6) is 0 Å². The van der Waals surface area contributed by atoms with Gasteiger partial charge in [-0.25, -0.2) is 10.6 Å². The Hall–Kier alpha value is -3.48. The van der Waals surface area contributed by atoms with Crippen molar-refractivity contribution in [2.45, 2.75) is 56.5 Å². The second-order valence-electron chi connectivity index (χ2n) is 9.21. The quantitative estimate of drug-likeness (QED) is 0.108. The summed E-state index contributed by atoms with van der Waals surface area (Å²) in [5, 5.41) is 16.8. The van der Waals surface area contributed by atoms with Crippen LogP contribution in [-0.4, -0.2) is 35.3 Å². The first kappa shape index (κ1) is 25.6. The summed E-state index contributed by atoms with van der Waals surface area (Å²) in [6.07, 6.45) is 4.15. The van der Waals surface area contributed by atoms with Crippen LogP contribution in [0.2, 0.25) is 0 Å². The van der Waals surface area contributed by atoms with Gasteiger partial charge in [0.1, 0.15) is 11.9 Å². The lowest BCUT2D eigenvalue weighted by molar-refractivity contribution is 0.250. The number of nitrogens with one attached hydrogen (secondary N) is 3. The summed E-state index contributed by atoms with van der Waals surface area (Å²) in [5.41, 5.74) is 7.05. The normalized spacial score (nSPS) is 13.9. The third kappa shape index (κ3) is 5.50. The molecule has 1 saturated carbocycles. The number of carbonyl (C=O) groups is 1. The summed E-state index contributed by atoms with van der Waals surface area (Å²) < 4.78 is 2.36. The number of amides is 2. The molecule has 0 saturated heterocycles. The maximum atomic E-state index is 12.1. The highest BCUT2D eigenvalue weighted by Gasteiger charge is 2.28. The molecule has 5 N–H and O–H groups in total. The van der Waals surface area contributed by atoms with E-state index in [0.717, 1.165) is 57.9 Å². The molecule has 2 aromatic carbocycles. The van der Waals surface area contributed by atoms with Crippen LogP contribution in [0.15, 0.2) is 52.4 Å². The third-order valence-corrected chi connectivity index (χ3v) is 7.40. The SMILES string of the molecule is CN=C(CCSc1ccc2c(C#N)c(-c3ccc(NC(=O)NC(C)C)cc3)n(C3CCC3)c2c1)NN. The fraction of sp³-hybridized carbons (Fsp3) is 0.370. The number of benzene rings is 2. The molecule has 0 atom stereocenters. The van der Waals surface area contributed by atoms with E-state index in [1.807, 2.05) is 38.1 Å². The van der Waals surface area contributed by atoms with Gasteiger partial charge in [0.05, 0.1) is 16.8 Å². The molecule has 4 rings (SSSR count). The summed E-state index contributed by atoms with van der Waals surface area (Å²) in [7, 11) is 1.73. The first-order valence-electron chi connectivity index (χ1n) is 12.3. The lowest BCUT2D eigenvalue weighted by Crippen LogP contribution is -2.34. The van der Waals surface area contributed by atoms with Crippen molar-refractivity contribution in [2.75, 3.05) is 18.1 Å². The van der Waals surface area contributed by atoms with Crippen LogP contribution in [0, 0.1) is 11.3 Å². The van der Waals surface area contributed by atoms with E-state index in [0.29, 0.717) is 17.3 Å². The second kappa shape index (κ2) is 11.5. The molecule has 1 aliphatic carbocycles. The van der Waals surface area contributed by atoms with Gasteiger partial charge in [-0.1, -0.05) is 18.2 Å². The number of nitrogens with zero attached hydrogens (tertiary/aromatic N) is 3. The van der Waals surface area contributed by atoms with Crippen molar-refractivity contribution in [1.82, 2.24) is 15.3 Å². The lowest BCUT2D eigenvalue weighted by atomic mass is 9.92. The number of urea groups is 1. The minimum atomic E-state index is -0.233. The molecule has 2 amide bonds. The number of aromatic nitrogens is 1. The van der Waals surface area contributed by atoms with E-state index < -0.39 is 0 Å². The molecule has 1 fully saturated rings. The van der Waals surface area contributed by atoms with E-state index >= 15 is 0 Å². The van der Waals surface area contributed by atoms with Crippen molar-refractivity contribution in [2.24, 2.45) is 10.8 Å². The zero-order valence-corrected chi connectivity index (χ0v) is 21.8. The molecule has 9 heteroatoms. The third-order valence-electron chi connectivity index (χ3n) is 6.41. The van der Waals surface area contributed by atoms with Crippen molar-refractivity contribution < 1.29 is 4.79 Å². The predicted octanol–water partition coefficient (Wildman–Crippen LogP) is 5.41. The van der Waals surface area contributed by atoms with Crippen LogP contribution in [0.4, 0.5) is 10.5 Å². The maximum Gasteiger partial charge on any atom is 0.319 e. The first-order valence-corrected chi connectivity index (χ1v) is 13.2. The van der Waals surface area contributed by atoms with Gasteiger partial charge in [0, 0.05) is 47.3 Å². The van der Waals surface area contributed by atoms with Crippen molar-refractivity contribution >= 4 is 40.2 Å². The molecule has 0 bridgehead atoms. The molecule has 1 heterocycles. The van der Waals surface area contributed by atoms with Gasteiger partial charge in [0.25, 0.3) is 0 Å². The Morgan fingerprint density at radius 3 is 2.58 bits per heavy atom. The maximum absolute atomic E-state index is 12.1. The highest BCUT2D eigenvalue weighted by Crippen LogP contribution is 2.43. The van der Waals surface area contributed by atoms with E-state index in [4.69, 9.17) is 5.84 Å². The average molecular weight is 504 g/mol. The van der Waals surface area contributed by atoms with Gasteiger partial charge in [0.15, 0.2) is 0 Å². The fourth-order valence-corrected chi connectivity index (χ4v) is 5.35. The van der Waals surface area contributed by atoms with E-state index in [2.05, 4.69) is 49.9 Å². The molecule has 3 aromatic rings. The number of aliphatic imine (C=N–C) groups is 1. The zero-order chi connectivity index (χ0) is 25.7. The van der Waals surface area contributed by atoms with Crippen LogP contribution >= 0.6 is 11.8 Å². The number of hydrazine groups is 1. The largest absolute Gasteiger partial charge is 0.336 e. The van der Waals surface area contributed by atoms with Crippen molar-refractivity contribution in [3.05, 3.63) is 48.0 Å². The Kier molecular flexibility index (Phi) is 8.18. The molecule has 0 radical (unpaired) electrons. The molecule has 8 nitrogen and oxygen atoms in total. The Balaban J connectivity index is 1.68. The van der Waals surface area contributed by atoms with E-state index in [1.54, 1.807) is 18.8 Å². The number of carbonyl (C=O) groups excluding carboxylic acids is 1. The fourth-order valence-electron chi connectivity index (χ4n) is 4.46. The molecule has 36 heavy (non-hydrogen) atoms. The summed E-state index contributed by atoms with van der Waals surface area (Å²) >= 11 is 1.75. The number of anilines is 1. The molecule has 0 unspecified atom stereocenters. The van der Waals surface area contributed by atoms with Crippen LogP contribution in [0.1, 0.15) is 51.1 Å². The molecule has 188 valence electrons. The van der Waals surface area contributed by atoms with Gasteiger partial charge in [-0.15, -0.1) is 11.8 Å². The average Bonchev–Trinajstić information content (AvgIpc) is 3.14. The molecule has 0 spiro atoms. The summed E-state index contributed by atoms with van der Waals surface area (Å²) in [6.45, 7) is 3.84. The van der Waals surface area contributed by atoms with Gasteiger partial charge >= 0.3 is 6.03 Å². The number of amidine groups is 1.